The largest absolute Gasteiger partial charge is 0.502 e. The lowest BCUT2D eigenvalue weighted by molar-refractivity contribution is -0.152. The number of benzene rings is 1. The van der Waals surface area contributed by atoms with Crippen LogP contribution in [0.5, 0.6) is 5.75 Å². The monoisotopic (exact) mass is 581 g/mol. The molecule has 15 heteroatoms. The molecule has 3 amide bonds. The van der Waals surface area contributed by atoms with Gasteiger partial charge in [0.15, 0.2) is 5.75 Å². The summed E-state index contributed by atoms with van der Waals surface area (Å²) < 4.78 is 18.3. The number of esters is 1. The zero-order valence-electron chi connectivity index (χ0n) is 22.2. The van der Waals surface area contributed by atoms with Gasteiger partial charge in [0, 0.05) is 34.2 Å². The number of amides is 3. The van der Waals surface area contributed by atoms with Crippen LogP contribution in [0.15, 0.2) is 35.3 Å². The molecule has 1 aromatic carbocycles. The third kappa shape index (κ3) is 7.85. The standard InChI is InChI=1S/C22H26FN5O5.C3H3ClO3/c1-26(2)21(32)22(33)27(3)17-15(19(30)25-11-13-6-8-14(23)9-7-13)5-4-10-28-18(17)24-12-16(29)20(28)31;1-7-3(6)2(4)5/h6-9,12,15,17,29H,4-5,10-11H2,1-3H3,(H,25,30);1H3. The zero-order chi connectivity index (χ0) is 30.1. The predicted octanol–water partition coefficient (Wildman–Crippen LogP) is 0.327. The van der Waals surface area contributed by atoms with Crippen molar-refractivity contribution in [3.8, 4) is 5.75 Å². The van der Waals surface area contributed by atoms with Crippen LogP contribution >= 0.6 is 11.6 Å². The van der Waals surface area contributed by atoms with Gasteiger partial charge in [-0.25, -0.2) is 14.2 Å². The highest BCUT2D eigenvalue weighted by Gasteiger charge is 2.41. The molecule has 1 aliphatic heterocycles. The minimum Gasteiger partial charge on any atom is -0.502 e. The maximum atomic E-state index is 13.2. The van der Waals surface area contributed by atoms with E-state index in [0.717, 1.165) is 23.1 Å². The van der Waals surface area contributed by atoms with Crippen molar-refractivity contribution in [3.63, 3.8) is 0 Å². The number of aromatic hydroxyl groups is 1. The highest BCUT2D eigenvalue weighted by atomic mass is 35.5. The van der Waals surface area contributed by atoms with E-state index in [1.54, 1.807) is 12.1 Å². The molecule has 2 aromatic rings. The molecule has 2 N–H and O–H groups in total. The van der Waals surface area contributed by atoms with Gasteiger partial charge in [0.05, 0.1) is 19.2 Å². The van der Waals surface area contributed by atoms with Gasteiger partial charge in [-0.2, -0.15) is 0 Å². The van der Waals surface area contributed by atoms with E-state index in [4.69, 9.17) is 0 Å². The number of ether oxygens (including phenoxy) is 1. The van der Waals surface area contributed by atoms with Crippen LogP contribution in [0.2, 0.25) is 0 Å². The summed E-state index contributed by atoms with van der Waals surface area (Å²) in [7, 11) is 5.33. The van der Waals surface area contributed by atoms with Crippen LogP contribution in [0.3, 0.4) is 0 Å². The molecule has 216 valence electrons. The zero-order valence-corrected chi connectivity index (χ0v) is 23.0. The number of halogens is 2. The van der Waals surface area contributed by atoms with Crippen molar-refractivity contribution in [1.29, 1.82) is 0 Å². The summed E-state index contributed by atoms with van der Waals surface area (Å²) in [5.41, 5.74) is -0.000962. The highest BCUT2D eigenvalue weighted by molar-refractivity contribution is 6.80. The van der Waals surface area contributed by atoms with Crippen LogP contribution in [0.25, 0.3) is 0 Å². The second-order valence-electron chi connectivity index (χ2n) is 8.88. The molecule has 1 aromatic heterocycles. The Hall–Kier alpha value is -4.33. The highest BCUT2D eigenvalue weighted by Crippen LogP contribution is 2.33. The van der Waals surface area contributed by atoms with E-state index in [9.17, 15) is 38.3 Å². The van der Waals surface area contributed by atoms with Gasteiger partial charge in [0.1, 0.15) is 17.7 Å². The Morgan fingerprint density at radius 1 is 1.15 bits per heavy atom. The third-order valence-electron chi connectivity index (χ3n) is 5.99. The first kappa shape index (κ1) is 31.9. The molecule has 2 atom stereocenters. The normalized spacial score (nSPS) is 15.8. The minimum atomic E-state index is -1.09. The molecule has 13 nitrogen and oxygen atoms in total. The van der Waals surface area contributed by atoms with Crippen molar-refractivity contribution in [2.45, 2.75) is 32.0 Å². The fourth-order valence-electron chi connectivity index (χ4n) is 3.94. The fraction of sp³-hybridized carbons (Fsp3) is 0.400. The van der Waals surface area contributed by atoms with Gasteiger partial charge in [0.25, 0.3) is 5.56 Å². The van der Waals surface area contributed by atoms with E-state index < -0.39 is 58.0 Å². The summed E-state index contributed by atoms with van der Waals surface area (Å²) in [6, 6.07) is 4.64. The summed E-state index contributed by atoms with van der Waals surface area (Å²) in [6.45, 7) is 0.323. The maximum absolute atomic E-state index is 13.2. The lowest BCUT2D eigenvalue weighted by atomic mass is 9.92. The smallest absolute Gasteiger partial charge is 0.391 e. The Bertz CT molecular complexity index is 1330. The van der Waals surface area contributed by atoms with Gasteiger partial charge >= 0.3 is 23.0 Å². The van der Waals surface area contributed by atoms with E-state index in [1.807, 2.05) is 0 Å². The van der Waals surface area contributed by atoms with Gasteiger partial charge in [0.2, 0.25) is 5.91 Å². The van der Waals surface area contributed by atoms with Crippen molar-refractivity contribution >= 4 is 40.5 Å². The molecule has 40 heavy (non-hydrogen) atoms. The molecule has 1 aliphatic rings. The minimum absolute atomic E-state index is 0.111. The number of carbonyl (C=O) groups is 5. The van der Waals surface area contributed by atoms with Crippen LogP contribution in [0.4, 0.5) is 4.39 Å². The van der Waals surface area contributed by atoms with Crippen LogP contribution < -0.4 is 10.9 Å². The first-order valence-electron chi connectivity index (χ1n) is 11.9. The number of methoxy groups -OCH3 is 1. The third-order valence-corrected chi connectivity index (χ3v) is 6.15. The summed E-state index contributed by atoms with van der Waals surface area (Å²) in [5, 5.41) is 11.5. The van der Waals surface area contributed by atoms with E-state index in [2.05, 4.69) is 26.6 Å². The number of aromatic nitrogens is 2. The lowest BCUT2D eigenvalue weighted by Crippen LogP contribution is -2.48. The topological polar surface area (TPSA) is 168 Å². The summed E-state index contributed by atoms with van der Waals surface area (Å²) in [5.74, 6) is -4.74. The molecule has 0 saturated heterocycles. The molecule has 0 saturated carbocycles. The molecular weight excluding hydrogens is 553 g/mol. The van der Waals surface area contributed by atoms with Crippen molar-refractivity contribution in [2.75, 3.05) is 28.3 Å². The maximum Gasteiger partial charge on any atom is 0.391 e. The average Bonchev–Trinajstić information content (AvgIpc) is 3.13. The van der Waals surface area contributed by atoms with Gasteiger partial charge in [-0.15, -0.1) is 0 Å². The molecule has 0 spiro atoms. The van der Waals surface area contributed by atoms with Crippen LogP contribution in [0, 0.1) is 11.7 Å². The van der Waals surface area contributed by atoms with E-state index in [-0.39, 0.29) is 18.9 Å². The molecule has 0 bridgehead atoms. The number of hydrogen-bond acceptors (Lipinski definition) is 9. The van der Waals surface area contributed by atoms with Crippen LogP contribution in [-0.4, -0.2) is 81.6 Å². The molecule has 0 aliphatic carbocycles. The molecule has 2 unspecified atom stereocenters. The summed E-state index contributed by atoms with van der Waals surface area (Å²) >= 11 is 4.61. The number of hydrogen-bond donors (Lipinski definition) is 2. The van der Waals surface area contributed by atoms with E-state index in [0.29, 0.717) is 18.4 Å². The Morgan fingerprint density at radius 3 is 2.30 bits per heavy atom. The molecule has 3 rings (SSSR count). The average molecular weight is 582 g/mol. The second kappa shape index (κ2) is 14.2. The Kier molecular flexibility index (Phi) is 11.3. The number of likely N-dealkylation sites (N-methyl/N-ethyl adjacent to an activating group) is 2. The van der Waals surface area contributed by atoms with Crippen molar-refractivity contribution in [2.24, 2.45) is 5.92 Å². The van der Waals surface area contributed by atoms with Gasteiger partial charge < -0.3 is 25.0 Å². The van der Waals surface area contributed by atoms with Gasteiger partial charge in [-0.1, -0.05) is 12.1 Å². The fourth-order valence-corrected chi connectivity index (χ4v) is 4.02. The molecule has 0 radical (unpaired) electrons. The summed E-state index contributed by atoms with van der Waals surface area (Å²) in [6.07, 6.45) is 1.69. The van der Waals surface area contributed by atoms with Crippen molar-refractivity contribution in [1.82, 2.24) is 24.7 Å². The second-order valence-corrected chi connectivity index (χ2v) is 9.22. The predicted molar refractivity (Wildman–Crippen MR) is 138 cm³/mol. The van der Waals surface area contributed by atoms with Crippen LogP contribution in [0.1, 0.15) is 30.3 Å². The number of carbonyl (C=O) groups excluding carboxylic acids is 5. The number of nitrogens with zero attached hydrogens (tertiary/aromatic N) is 4. The Balaban J connectivity index is 0.000000708. The quantitative estimate of drug-likeness (QED) is 0.287. The summed E-state index contributed by atoms with van der Waals surface area (Å²) in [4.78, 5) is 76.8. The SMILES string of the molecule is CN(C)C(=O)C(=O)N(C)C1c2ncc(O)c(=O)n2CCCC1C(=O)NCc1ccc(F)cc1.COC(=O)C(=O)Cl. The van der Waals surface area contributed by atoms with Gasteiger partial charge in [-0.3, -0.25) is 28.5 Å². The van der Waals surface area contributed by atoms with Crippen molar-refractivity contribution < 1.29 is 38.2 Å². The Labute approximate surface area is 233 Å². The number of fused-ring (bicyclic) bond motifs is 1. The molecular formula is C25H29ClFN5O8. The number of nitrogens with one attached hydrogen (secondary N) is 1. The number of rotatable bonds is 5. The Morgan fingerprint density at radius 2 is 1.77 bits per heavy atom. The molecule has 0 fully saturated rings. The van der Waals surface area contributed by atoms with Crippen LogP contribution in [-0.2, 0) is 41.8 Å². The first-order valence-corrected chi connectivity index (χ1v) is 12.2. The van der Waals surface area contributed by atoms with E-state index in [1.165, 1.54) is 37.8 Å². The van der Waals surface area contributed by atoms with Gasteiger partial charge in [-0.05, 0) is 42.1 Å². The molecule has 2 heterocycles. The first-order chi connectivity index (χ1) is 18.8. The van der Waals surface area contributed by atoms with E-state index >= 15 is 0 Å². The lowest BCUT2D eigenvalue weighted by Gasteiger charge is -2.33. The van der Waals surface area contributed by atoms with Crippen molar-refractivity contribution in [3.05, 3.63) is 58.0 Å².